The monoisotopic (exact) mass is 609 g/mol. The number of carbonyl (C=O) groups excluding carboxylic acids is 1. The van der Waals surface area contributed by atoms with Crippen molar-refractivity contribution in [2.75, 3.05) is 55.5 Å². The van der Waals surface area contributed by atoms with E-state index in [1.165, 1.54) is 0 Å². The number of pyridine rings is 1. The molecule has 0 atom stereocenters. The number of carbonyl (C=O) groups is 1. The van der Waals surface area contributed by atoms with Crippen molar-refractivity contribution in [3.63, 3.8) is 0 Å². The van der Waals surface area contributed by atoms with Gasteiger partial charge < -0.3 is 30.6 Å². The van der Waals surface area contributed by atoms with Gasteiger partial charge in [0.1, 0.15) is 5.82 Å². The highest BCUT2D eigenvalue weighted by molar-refractivity contribution is 14.2. The summed E-state index contributed by atoms with van der Waals surface area (Å²) in [6.45, 7) is 6.52. The Labute approximate surface area is 222 Å². The van der Waals surface area contributed by atoms with E-state index >= 15 is 0 Å². The molecule has 2 aliphatic rings. The predicted molar refractivity (Wildman–Crippen MR) is 152 cm³/mol. The Hall–Kier alpha value is -2.22. The SMILES string of the molecule is Cc1ccc(NC(=O)N2CCCC2)cc1-c1cc(/C(N)=C/N(N)CSI)nc(N2CCOCC2)c1. The first kappa shape index (κ1) is 25.9. The summed E-state index contributed by atoms with van der Waals surface area (Å²) in [4.78, 5) is 21.6. The minimum absolute atomic E-state index is 0.0509. The molecule has 35 heavy (non-hydrogen) atoms. The van der Waals surface area contributed by atoms with Crippen LogP contribution in [0.25, 0.3) is 16.8 Å². The maximum Gasteiger partial charge on any atom is 0.321 e. The molecule has 0 bridgehead atoms. The van der Waals surface area contributed by atoms with Crippen LogP contribution in [0, 0.1) is 6.92 Å². The summed E-state index contributed by atoms with van der Waals surface area (Å²) in [6, 6.07) is 10.0. The Morgan fingerprint density at radius 1 is 1.23 bits per heavy atom. The van der Waals surface area contributed by atoms with Crippen molar-refractivity contribution in [2.24, 2.45) is 11.6 Å². The van der Waals surface area contributed by atoms with E-state index in [9.17, 15) is 4.79 Å². The van der Waals surface area contributed by atoms with Gasteiger partial charge in [0.05, 0.1) is 30.5 Å². The van der Waals surface area contributed by atoms with Gasteiger partial charge in [-0.25, -0.2) is 15.6 Å². The number of nitrogens with two attached hydrogens (primary N) is 2. The van der Waals surface area contributed by atoms with Gasteiger partial charge in [0, 0.05) is 38.1 Å². The number of nitrogens with zero attached hydrogens (tertiary/aromatic N) is 4. The number of hydrogen-bond acceptors (Lipinski definition) is 8. The number of ether oxygens (including phenoxy) is 1. The average Bonchev–Trinajstić information content (AvgIpc) is 3.41. The smallest absolute Gasteiger partial charge is 0.321 e. The van der Waals surface area contributed by atoms with Gasteiger partial charge in [-0.2, -0.15) is 0 Å². The van der Waals surface area contributed by atoms with Crippen LogP contribution in [0.1, 0.15) is 24.1 Å². The van der Waals surface area contributed by atoms with Crippen LogP contribution in [0.5, 0.6) is 0 Å². The molecule has 4 rings (SSSR count). The number of amides is 2. The van der Waals surface area contributed by atoms with Crippen LogP contribution in [0.2, 0.25) is 0 Å². The highest BCUT2D eigenvalue weighted by Gasteiger charge is 2.19. The Balaban J connectivity index is 1.70. The molecule has 11 heteroatoms. The Kier molecular flexibility index (Phi) is 8.98. The number of halogens is 1. The average molecular weight is 610 g/mol. The van der Waals surface area contributed by atoms with E-state index < -0.39 is 0 Å². The van der Waals surface area contributed by atoms with Crippen LogP contribution >= 0.6 is 30.1 Å². The molecule has 5 N–H and O–H groups in total. The molecule has 2 aromatic rings. The van der Waals surface area contributed by atoms with Gasteiger partial charge in [-0.15, -0.1) is 0 Å². The molecule has 1 aromatic heterocycles. The van der Waals surface area contributed by atoms with E-state index in [1.807, 2.05) is 29.2 Å². The van der Waals surface area contributed by atoms with Crippen molar-refractivity contribution in [2.45, 2.75) is 19.8 Å². The molecule has 0 saturated carbocycles. The maximum atomic E-state index is 12.7. The van der Waals surface area contributed by atoms with E-state index in [0.29, 0.717) is 30.5 Å². The molecule has 1 aromatic carbocycles. The minimum Gasteiger partial charge on any atom is -0.396 e. The quantitative estimate of drug-likeness (QED) is 0.187. The number of likely N-dealkylation sites (tertiary alicyclic amines) is 1. The van der Waals surface area contributed by atoms with Crippen molar-refractivity contribution < 1.29 is 9.53 Å². The highest BCUT2D eigenvalue weighted by atomic mass is 127. The molecule has 0 spiro atoms. The lowest BCUT2D eigenvalue weighted by atomic mass is 9.99. The third kappa shape index (κ3) is 6.72. The molecule has 0 aliphatic carbocycles. The number of morpholine rings is 1. The van der Waals surface area contributed by atoms with Gasteiger partial charge in [0.25, 0.3) is 0 Å². The number of hydrogen-bond donors (Lipinski definition) is 3. The van der Waals surface area contributed by atoms with Gasteiger partial charge in [-0.1, -0.05) is 15.0 Å². The van der Waals surface area contributed by atoms with Gasteiger partial charge in [0.2, 0.25) is 0 Å². The molecule has 188 valence electrons. The lowest BCUT2D eigenvalue weighted by Crippen LogP contribution is -2.37. The van der Waals surface area contributed by atoms with E-state index in [-0.39, 0.29) is 6.03 Å². The summed E-state index contributed by atoms with van der Waals surface area (Å²) in [5.74, 6) is 7.50. The lowest BCUT2D eigenvalue weighted by molar-refractivity contribution is 0.122. The van der Waals surface area contributed by atoms with E-state index in [2.05, 4.69) is 44.4 Å². The number of nitrogens with one attached hydrogen (secondary N) is 1. The minimum atomic E-state index is -0.0509. The first-order chi connectivity index (χ1) is 16.9. The summed E-state index contributed by atoms with van der Waals surface area (Å²) in [5.41, 5.74) is 11.4. The normalized spacial score (nSPS) is 16.5. The molecular weight excluding hydrogens is 577 g/mol. The molecule has 0 unspecified atom stereocenters. The number of aromatic nitrogens is 1. The summed E-state index contributed by atoms with van der Waals surface area (Å²) in [5, 5.41) is 4.61. The second-order valence-electron chi connectivity index (χ2n) is 8.69. The second-order valence-corrected chi connectivity index (χ2v) is 11.0. The third-order valence-electron chi connectivity index (χ3n) is 6.14. The van der Waals surface area contributed by atoms with Crippen LogP contribution in [0.3, 0.4) is 0 Å². The van der Waals surface area contributed by atoms with Crippen molar-refractivity contribution in [1.29, 1.82) is 0 Å². The first-order valence-electron chi connectivity index (χ1n) is 11.7. The zero-order chi connectivity index (χ0) is 24.8. The van der Waals surface area contributed by atoms with Crippen LogP contribution < -0.4 is 21.8 Å². The highest BCUT2D eigenvalue weighted by Crippen LogP contribution is 2.31. The van der Waals surface area contributed by atoms with Crippen molar-refractivity contribution in [3.8, 4) is 11.1 Å². The molecular formula is C24H32IN7O2S. The van der Waals surface area contributed by atoms with E-state index in [4.69, 9.17) is 21.3 Å². The topological polar surface area (TPSA) is 113 Å². The van der Waals surface area contributed by atoms with Crippen LogP contribution in [-0.4, -0.2) is 66.2 Å². The van der Waals surface area contributed by atoms with Crippen molar-refractivity contribution in [3.05, 3.63) is 47.8 Å². The molecule has 2 saturated heterocycles. The van der Waals surface area contributed by atoms with Gasteiger partial charge in [-0.05, 0) is 81.9 Å². The van der Waals surface area contributed by atoms with E-state index in [0.717, 1.165) is 67.2 Å². The predicted octanol–water partition coefficient (Wildman–Crippen LogP) is 3.99. The third-order valence-corrected chi connectivity index (χ3v) is 7.37. The molecule has 2 aliphatic heterocycles. The fraction of sp³-hybridized carbons (Fsp3) is 0.417. The fourth-order valence-corrected chi connectivity index (χ4v) is 5.40. The number of hydrazine groups is 1. The molecule has 0 radical (unpaired) electrons. The number of anilines is 2. The van der Waals surface area contributed by atoms with Crippen LogP contribution in [0.4, 0.5) is 16.3 Å². The lowest BCUT2D eigenvalue weighted by Gasteiger charge is -2.28. The summed E-state index contributed by atoms with van der Waals surface area (Å²) >= 11 is 2.20. The van der Waals surface area contributed by atoms with Gasteiger partial charge in [0.15, 0.2) is 0 Å². The van der Waals surface area contributed by atoms with Crippen LogP contribution in [-0.2, 0) is 4.74 Å². The molecule has 9 nitrogen and oxygen atoms in total. The first-order valence-corrected chi connectivity index (χ1v) is 15.2. The van der Waals surface area contributed by atoms with Gasteiger partial charge in [-0.3, -0.25) is 0 Å². The molecule has 2 amide bonds. The van der Waals surface area contributed by atoms with Crippen LogP contribution in [0.15, 0.2) is 36.5 Å². The second kappa shape index (κ2) is 12.2. The number of urea groups is 1. The maximum absolute atomic E-state index is 12.7. The van der Waals surface area contributed by atoms with Crippen molar-refractivity contribution >= 4 is 53.4 Å². The summed E-state index contributed by atoms with van der Waals surface area (Å²) in [7, 11) is 1.58. The zero-order valence-electron chi connectivity index (χ0n) is 19.9. The van der Waals surface area contributed by atoms with Crippen molar-refractivity contribution in [1.82, 2.24) is 14.9 Å². The Bertz CT molecular complexity index is 1070. The Morgan fingerprint density at radius 3 is 2.69 bits per heavy atom. The number of aryl methyl sites for hydroxylation is 1. The van der Waals surface area contributed by atoms with Gasteiger partial charge >= 0.3 is 6.03 Å². The largest absolute Gasteiger partial charge is 0.396 e. The molecule has 2 fully saturated rings. The number of benzene rings is 1. The zero-order valence-corrected chi connectivity index (χ0v) is 22.8. The number of rotatable bonds is 7. The standard InChI is InChI=1S/C24H32IN7O2S/c1-17-4-5-19(28-24(33)31-6-2-3-7-31)14-20(17)18-12-22(21(26)15-32(27)16-35-25)29-23(13-18)30-8-10-34-11-9-30/h4-5,12-15H,2-3,6-11,16,26-27H2,1H3,(H,28,33)/b21-15-. The fourth-order valence-electron chi connectivity index (χ4n) is 4.25. The Morgan fingerprint density at radius 2 is 1.97 bits per heavy atom. The van der Waals surface area contributed by atoms with E-state index in [1.54, 1.807) is 20.1 Å². The summed E-state index contributed by atoms with van der Waals surface area (Å²) < 4.78 is 5.53. The summed E-state index contributed by atoms with van der Waals surface area (Å²) in [6.07, 6.45) is 3.82. The molecule has 3 heterocycles.